The van der Waals surface area contributed by atoms with Gasteiger partial charge in [-0.25, -0.2) is 0 Å². The molecular weight excluding hydrogens is 212 g/mol. The topological polar surface area (TPSA) is 55.1 Å². The number of hydrogen-bond donors (Lipinski definition) is 2. The van der Waals surface area contributed by atoms with Crippen LogP contribution >= 0.6 is 0 Å². The van der Waals surface area contributed by atoms with Gasteiger partial charge in [-0.1, -0.05) is 17.9 Å². The van der Waals surface area contributed by atoms with E-state index < -0.39 is 0 Å². The molecule has 0 fully saturated rings. The zero-order valence-electron chi connectivity index (χ0n) is 9.75. The van der Waals surface area contributed by atoms with Crippen molar-refractivity contribution in [3.05, 3.63) is 34.9 Å². The highest BCUT2D eigenvalue weighted by atomic mass is 16.1. The van der Waals surface area contributed by atoms with Crippen molar-refractivity contribution in [1.82, 2.24) is 5.32 Å². The summed E-state index contributed by atoms with van der Waals surface area (Å²) < 4.78 is 0. The summed E-state index contributed by atoms with van der Waals surface area (Å²) in [6, 6.07) is 6.35. The highest BCUT2D eigenvalue weighted by Gasteiger charge is 2.09. The Labute approximate surface area is 101 Å². The van der Waals surface area contributed by atoms with Gasteiger partial charge in [0.2, 0.25) is 5.91 Å². The van der Waals surface area contributed by atoms with Crippen molar-refractivity contribution in [2.24, 2.45) is 5.73 Å². The van der Waals surface area contributed by atoms with Gasteiger partial charge in [-0.15, -0.1) is 0 Å². The lowest BCUT2D eigenvalue weighted by atomic mass is 10.1. The van der Waals surface area contributed by atoms with Crippen molar-refractivity contribution in [1.29, 1.82) is 0 Å². The molecule has 0 atom stereocenters. The predicted molar refractivity (Wildman–Crippen MR) is 67.4 cm³/mol. The standard InChI is InChI=1S/C14H16N2O/c15-10-14(17)16-8-2-3-11-6-7-12-4-1-5-13(12)9-11/h6-7,9H,1,4-5,8,10,15H2,(H,16,17). The van der Waals surface area contributed by atoms with Gasteiger partial charge in [-0.05, 0) is 42.5 Å². The molecule has 0 heterocycles. The fraction of sp³-hybridized carbons (Fsp3) is 0.357. The van der Waals surface area contributed by atoms with Crippen LogP contribution in [-0.2, 0) is 17.6 Å². The number of nitrogens with two attached hydrogens (primary N) is 1. The minimum atomic E-state index is -0.173. The molecule has 1 amide bonds. The van der Waals surface area contributed by atoms with Crippen molar-refractivity contribution in [2.75, 3.05) is 13.1 Å². The average molecular weight is 228 g/mol. The van der Waals surface area contributed by atoms with Gasteiger partial charge in [0.05, 0.1) is 13.1 Å². The molecule has 1 aromatic rings. The molecule has 3 nitrogen and oxygen atoms in total. The molecule has 0 aromatic heterocycles. The fourth-order valence-electron chi connectivity index (χ4n) is 2.01. The third-order valence-electron chi connectivity index (χ3n) is 2.89. The molecule has 88 valence electrons. The Morgan fingerprint density at radius 3 is 3.00 bits per heavy atom. The van der Waals surface area contributed by atoms with Gasteiger partial charge < -0.3 is 11.1 Å². The van der Waals surface area contributed by atoms with Crippen LogP contribution in [-0.4, -0.2) is 19.0 Å². The Bertz CT molecular complexity index is 483. The summed E-state index contributed by atoms with van der Waals surface area (Å²) in [7, 11) is 0. The monoisotopic (exact) mass is 228 g/mol. The highest BCUT2D eigenvalue weighted by Crippen LogP contribution is 2.22. The van der Waals surface area contributed by atoms with Crippen molar-refractivity contribution in [2.45, 2.75) is 19.3 Å². The summed E-state index contributed by atoms with van der Waals surface area (Å²) in [5.41, 5.74) is 9.06. The summed E-state index contributed by atoms with van der Waals surface area (Å²) >= 11 is 0. The van der Waals surface area contributed by atoms with E-state index in [4.69, 9.17) is 5.73 Å². The van der Waals surface area contributed by atoms with Crippen LogP contribution in [0.3, 0.4) is 0 Å². The largest absolute Gasteiger partial charge is 0.344 e. The zero-order valence-corrected chi connectivity index (χ0v) is 9.75. The lowest BCUT2D eigenvalue weighted by Gasteiger charge is -1.99. The van der Waals surface area contributed by atoms with Crippen LogP contribution in [0, 0.1) is 11.8 Å². The molecule has 0 spiro atoms. The van der Waals surface area contributed by atoms with E-state index in [9.17, 15) is 4.79 Å². The molecule has 1 aliphatic rings. The molecule has 1 aromatic carbocycles. The molecule has 1 aliphatic carbocycles. The lowest BCUT2D eigenvalue weighted by molar-refractivity contribution is -0.119. The predicted octanol–water partition coefficient (Wildman–Crippen LogP) is 0.602. The summed E-state index contributed by atoms with van der Waals surface area (Å²) in [5, 5.41) is 2.62. The van der Waals surface area contributed by atoms with Crippen LogP contribution in [0.5, 0.6) is 0 Å². The third kappa shape index (κ3) is 3.08. The first kappa shape index (κ1) is 11.7. The average Bonchev–Trinajstić information content (AvgIpc) is 2.81. The molecular formula is C14H16N2O. The molecule has 2 rings (SSSR count). The molecule has 0 radical (unpaired) electrons. The summed E-state index contributed by atoms with van der Waals surface area (Å²) in [5.74, 6) is 5.80. The fourth-order valence-corrected chi connectivity index (χ4v) is 2.01. The van der Waals surface area contributed by atoms with Crippen LogP contribution in [0.2, 0.25) is 0 Å². The van der Waals surface area contributed by atoms with Crippen LogP contribution in [0.1, 0.15) is 23.1 Å². The van der Waals surface area contributed by atoms with Crippen LogP contribution in [0.4, 0.5) is 0 Å². The molecule has 3 heteroatoms. The van der Waals surface area contributed by atoms with Gasteiger partial charge in [0.1, 0.15) is 0 Å². The Balaban J connectivity index is 1.95. The number of amides is 1. The van der Waals surface area contributed by atoms with Gasteiger partial charge in [-0.3, -0.25) is 4.79 Å². The molecule has 0 aliphatic heterocycles. The number of carbonyl (C=O) groups is 1. The van der Waals surface area contributed by atoms with E-state index >= 15 is 0 Å². The molecule has 0 unspecified atom stereocenters. The van der Waals surface area contributed by atoms with Gasteiger partial charge in [0.15, 0.2) is 0 Å². The summed E-state index contributed by atoms with van der Waals surface area (Å²) in [6.07, 6.45) is 3.60. The Morgan fingerprint density at radius 2 is 2.18 bits per heavy atom. The third-order valence-corrected chi connectivity index (χ3v) is 2.89. The van der Waals surface area contributed by atoms with E-state index in [1.54, 1.807) is 0 Å². The Hall–Kier alpha value is -1.79. The highest BCUT2D eigenvalue weighted by molar-refractivity contribution is 5.77. The molecule has 3 N–H and O–H groups in total. The minimum absolute atomic E-state index is 0.0144. The van der Waals surface area contributed by atoms with Crippen molar-refractivity contribution in [3.8, 4) is 11.8 Å². The SMILES string of the molecule is NCC(=O)NCC#Cc1ccc2c(c1)CCC2. The smallest absolute Gasteiger partial charge is 0.234 e. The molecule has 0 saturated heterocycles. The minimum Gasteiger partial charge on any atom is -0.344 e. The van der Waals surface area contributed by atoms with E-state index in [1.165, 1.54) is 24.0 Å². The van der Waals surface area contributed by atoms with Crippen LogP contribution in [0.15, 0.2) is 18.2 Å². The second-order valence-electron chi connectivity index (χ2n) is 4.12. The summed E-state index contributed by atoms with van der Waals surface area (Å²) in [6.45, 7) is 0.369. The first-order valence-electron chi connectivity index (χ1n) is 5.87. The molecule has 17 heavy (non-hydrogen) atoms. The zero-order chi connectivity index (χ0) is 12.1. The number of rotatable bonds is 2. The quantitative estimate of drug-likeness (QED) is 0.728. The maximum absolute atomic E-state index is 10.9. The number of benzene rings is 1. The van der Waals surface area contributed by atoms with Crippen LogP contribution < -0.4 is 11.1 Å². The van der Waals surface area contributed by atoms with Gasteiger partial charge in [0, 0.05) is 5.56 Å². The van der Waals surface area contributed by atoms with Crippen molar-refractivity contribution < 1.29 is 4.79 Å². The van der Waals surface area contributed by atoms with Crippen LogP contribution in [0.25, 0.3) is 0 Å². The van der Waals surface area contributed by atoms with Crippen molar-refractivity contribution >= 4 is 5.91 Å². The van der Waals surface area contributed by atoms with E-state index in [-0.39, 0.29) is 12.5 Å². The normalized spacial score (nSPS) is 12.5. The number of aryl methyl sites for hydroxylation is 2. The number of nitrogens with one attached hydrogen (secondary N) is 1. The van der Waals surface area contributed by atoms with Gasteiger partial charge in [-0.2, -0.15) is 0 Å². The molecule has 0 bridgehead atoms. The van der Waals surface area contributed by atoms with Gasteiger partial charge >= 0.3 is 0 Å². The first-order chi connectivity index (χ1) is 8.29. The second-order valence-corrected chi connectivity index (χ2v) is 4.12. The van der Waals surface area contributed by atoms with E-state index in [2.05, 4.69) is 29.3 Å². The Kier molecular flexibility index (Phi) is 3.79. The first-order valence-corrected chi connectivity index (χ1v) is 5.87. The van der Waals surface area contributed by atoms with E-state index in [0.717, 1.165) is 12.0 Å². The maximum atomic E-state index is 10.9. The Morgan fingerprint density at radius 1 is 1.35 bits per heavy atom. The second kappa shape index (κ2) is 5.51. The maximum Gasteiger partial charge on any atom is 0.234 e. The van der Waals surface area contributed by atoms with Gasteiger partial charge in [0.25, 0.3) is 0 Å². The van der Waals surface area contributed by atoms with E-state index in [1.807, 2.05) is 6.07 Å². The lowest BCUT2D eigenvalue weighted by Crippen LogP contribution is -2.30. The molecule has 0 saturated carbocycles. The number of hydrogen-bond acceptors (Lipinski definition) is 2. The van der Waals surface area contributed by atoms with E-state index in [0.29, 0.717) is 6.54 Å². The van der Waals surface area contributed by atoms with Crippen molar-refractivity contribution in [3.63, 3.8) is 0 Å². The summed E-state index contributed by atoms with van der Waals surface area (Å²) in [4.78, 5) is 10.9. The number of carbonyl (C=O) groups excluding carboxylic acids is 1. The number of fused-ring (bicyclic) bond motifs is 1.